The van der Waals surface area contributed by atoms with E-state index in [0.717, 1.165) is 18.6 Å². The maximum absolute atomic E-state index is 12.4. The van der Waals surface area contributed by atoms with Gasteiger partial charge in [0.2, 0.25) is 5.91 Å². The number of hydrogen-bond donors (Lipinski definition) is 2. The van der Waals surface area contributed by atoms with Gasteiger partial charge in [-0.3, -0.25) is 4.79 Å². The molecular formula is C14H19F3N2O. The minimum Gasteiger partial charge on any atom is -0.374 e. The summed E-state index contributed by atoms with van der Waals surface area (Å²) in [5.41, 5.74) is -0.232. The van der Waals surface area contributed by atoms with E-state index in [1.165, 1.54) is 12.1 Å². The van der Waals surface area contributed by atoms with Gasteiger partial charge in [-0.15, -0.1) is 0 Å². The lowest BCUT2D eigenvalue weighted by molar-refractivity contribution is -0.137. The standard InChI is InChI=1S/C14H19F3N2O/c1-4-9(2)18-13(20)10(3)19-12-7-5-11(6-8-12)14(15,16)17/h5-10,19H,4H2,1-3H3,(H,18,20). The zero-order valence-electron chi connectivity index (χ0n) is 11.7. The Morgan fingerprint density at radius 3 is 2.20 bits per heavy atom. The lowest BCUT2D eigenvalue weighted by atomic mass is 10.2. The van der Waals surface area contributed by atoms with Crippen LogP contribution >= 0.6 is 0 Å². The Bertz CT molecular complexity index is 443. The summed E-state index contributed by atoms with van der Waals surface area (Å²) in [6.07, 6.45) is -3.53. The highest BCUT2D eigenvalue weighted by Gasteiger charge is 2.30. The highest BCUT2D eigenvalue weighted by atomic mass is 19.4. The summed E-state index contributed by atoms with van der Waals surface area (Å²) in [5.74, 6) is -0.181. The number of alkyl halides is 3. The van der Waals surface area contributed by atoms with Crippen LogP contribution in [0.15, 0.2) is 24.3 Å². The van der Waals surface area contributed by atoms with Crippen LogP contribution in [-0.2, 0) is 11.0 Å². The second-order valence-corrected chi connectivity index (χ2v) is 4.76. The lowest BCUT2D eigenvalue weighted by Crippen LogP contribution is -2.41. The molecule has 0 radical (unpaired) electrons. The predicted octanol–water partition coefficient (Wildman–Crippen LogP) is 3.42. The number of halogens is 3. The van der Waals surface area contributed by atoms with Gasteiger partial charge in [0.15, 0.2) is 0 Å². The molecule has 20 heavy (non-hydrogen) atoms. The molecule has 0 spiro atoms. The molecule has 0 fully saturated rings. The smallest absolute Gasteiger partial charge is 0.374 e. The van der Waals surface area contributed by atoms with Gasteiger partial charge < -0.3 is 10.6 Å². The second-order valence-electron chi connectivity index (χ2n) is 4.76. The van der Waals surface area contributed by atoms with E-state index >= 15 is 0 Å². The van der Waals surface area contributed by atoms with Gasteiger partial charge in [0.25, 0.3) is 0 Å². The number of hydrogen-bond acceptors (Lipinski definition) is 2. The number of benzene rings is 1. The number of carbonyl (C=O) groups excluding carboxylic acids is 1. The summed E-state index contributed by atoms with van der Waals surface area (Å²) in [7, 11) is 0. The number of amides is 1. The average molecular weight is 288 g/mol. The topological polar surface area (TPSA) is 41.1 Å². The van der Waals surface area contributed by atoms with Gasteiger partial charge in [-0.05, 0) is 44.5 Å². The number of anilines is 1. The molecule has 0 aliphatic heterocycles. The molecule has 112 valence electrons. The molecule has 0 aliphatic rings. The molecule has 1 aromatic rings. The SMILES string of the molecule is CCC(C)NC(=O)C(C)Nc1ccc(C(F)(F)F)cc1. The maximum Gasteiger partial charge on any atom is 0.416 e. The monoisotopic (exact) mass is 288 g/mol. The summed E-state index contributed by atoms with van der Waals surface area (Å²) < 4.78 is 37.2. The molecule has 0 saturated heterocycles. The van der Waals surface area contributed by atoms with Crippen molar-refractivity contribution in [3.63, 3.8) is 0 Å². The fourth-order valence-corrected chi connectivity index (χ4v) is 1.54. The third kappa shape index (κ3) is 4.75. The fraction of sp³-hybridized carbons (Fsp3) is 0.500. The van der Waals surface area contributed by atoms with Crippen LogP contribution in [0.5, 0.6) is 0 Å². The Labute approximate surface area is 116 Å². The minimum atomic E-state index is -4.35. The first kappa shape index (κ1) is 16.3. The summed E-state index contributed by atoms with van der Waals surface area (Å²) in [6.45, 7) is 5.51. The largest absolute Gasteiger partial charge is 0.416 e. The maximum atomic E-state index is 12.4. The van der Waals surface area contributed by atoms with Crippen molar-refractivity contribution in [2.75, 3.05) is 5.32 Å². The second kappa shape index (κ2) is 6.63. The molecule has 3 nitrogen and oxygen atoms in total. The zero-order chi connectivity index (χ0) is 15.3. The third-order valence-corrected chi connectivity index (χ3v) is 2.99. The molecule has 0 aliphatic carbocycles. The minimum absolute atomic E-state index is 0.0688. The van der Waals surface area contributed by atoms with Crippen LogP contribution in [0.1, 0.15) is 32.8 Å². The van der Waals surface area contributed by atoms with Gasteiger partial charge in [0.1, 0.15) is 6.04 Å². The Kier molecular flexibility index (Phi) is 5.42. The van der Waals surface area contributed by atoms with E-state index in [0.29, 0.717) is 5.69 Å². The summed E-state index contributed by atoms with van der Waals surface area (Å²) in [4.78, 5) is 11.8. The highest BCUT2D eigenvalue weighted by Crippen LogP contribution is 2.29. The molecule has 0 aromatic heterocycles. The average Bonchev–Trinajstić information content (AvgIpc) is 2.38. The molecule has 1 aromatic carbocycles. The first-order valence-corrected chi connectivity index (χ1v) is 6.48. The van der Waals surface area contributed by atoms with Gasteiger partial charge in [-0.25, -0.2) is 0 Å². The van der Waals surface area contributed by atoms with E-state index < -0.39 is 17.8 Å². The Hall–Kier alpha value is -1.72. The van der Waals surface area contributed by atoms with Crippen molar-refractivity contribution in [1.82, 2.24) is 5.32 Å². The van der Waals surface area contributed by atoms with Gasteiger partial charge in [0.05, 0.1) is 5.56 Å². The predicted molar refractivity (Wildman–Crippen MR) is 72.4 cm³/mol. The first-order valence-electron chi connectivity index (χ1n) is 6.48. The van der Waals surface area contributed by atoms with Crippen molar-refractivity contribution >= 4 is 11.6 Å². The molecule has 1 rings (SSSR count). The Balaban J connectivity index is 2.62. The Morgan fingerprint density at radius 2 is 1.75 bits per heavy atom. The van der Waals surface area contributed by atoms with Crippen LogP contribution in [-0.4, -0.2) is 18.0 Å². The van der Waals surface area contributed by atoms with Crippen molar-refractivity contribution in [2.45, 2.75) is 45.5 Å². The number of carbonyl (C=O) groups is 1. The summed E-state index contributed by atoms with van der Waals surface area (Å²) in [5, 5.41) is 5.67. The van der Waals surface area contributed by atoms with E-state index in [9.17, 15) is 18.0 Å². The molecule has 0 saturated carbocycles. The van der Waals surface area contributed by atoms with Crippen LogP contribution < -0.4 is 10.6 Å². The Morgan fingerprint density at radius 1 is 1.20 bits per heavy atom. The van der Waals surface area contributed by atoms with E-state index in [1.807, 2.05) is 13.8 Å². The molecule has 6 heteroatoms. The molecule has 1 amide bonds. The first-order chi connectivity index (χ1) is 9.24. The molecule has 2 N–H and O–H groups in total. The lowest BCUT2D eigenvalue weighted by Gasteiger charge is -2.18. The quantitative estimate of drug-likeness (QED) is 0.871. The number of rotatable bonds is 5. The van der Waals surface area contributed by atoms with Gasteiger partial charge in [-0.1, -0.05) is 6.92 Å². The van der Waals surface area contributed by atoms with Crippen molar-refractivity contribution in [3.05, 3.63) is 29.8 Å². The van der Waals surface area contributed by atoms with Crippen molar-refractivity contribution in [2.24, 2.45) is 0 Å². The molecule has 0 bridgehead atoms. The molecule has 2 unspecified atom stereocenters. The zero-order valence-corrected chi connectivity index (χ0v) is 11.7. The van der Waals surface area contributed by atoms with Crippen molar-refractivity contribution in [1.29, 1.82) is 0 Å². The molecular weight excluding hydrogens is 269 g/mol. The number of nitrogens with one attached hydrogen (secondary N) is 2. The van der Waals surface area contributed by atoms with Crippen LogP contribution in [0.25, 0.3) is 0 Å². The van der Waals surface area contributed by atoms with Gasteiger partial charge in [-0.2, -0.15) is 13.2 Å². The van der Waals surface area contributed by atoms with E-state index in [-0.39, 0.29) is 11.9 Å². The van der Waals surface area contributed by atoms with E-state index in [2.05, 4.69) is 10.6 Å². The van der Waals surface area contributed by atoms with Gasteiger partial charge in [0, 0.05) is 11.7 Å². The fourth-order valence-electron chi connectivity index (χ4n) is 1.54. The van der Waals surface area contributed by atoms with Crippen molar-refractivity contribution < 1.29 is 18.0 Å². The van der Waals surface area contributed by atoms with Gasteiger partial charge >= 0.3 is 6.18 Å². The normalized spacial score (nSPS) is 14.5. The highest BCUT2D eigenvalue weighted by molar-refractivity contribution is 5.84. The third-order valence-electron chi connectivity index (χ3n) is 2.99. The van der Waals surface area contributed by atoms with Crippen LogP contribution in [0.3, 0.4) is 0 Å². The summed E-state index contributed by atoms with van der Waals surface area (Å²) in [6, 6.07) is 4.16. The summed E-state index contributed by atoms with van der Waals surface area (Å²) >= 11 is 0. The van der Waals surface area contributed by atoms with Crippen molar-refractivity contribution in [3.8, 4) is 0 Å². The van der Waals surface area contributed by atoms with E-state index in [4.69, 9.17) is 0 Å². The molecule has 2 atom stereocenters. The molecule has 0 heterocycles. The van der Waals surface area contributed by atoms with Crippen LogP contribution in [0.4, 0.5) is 18.9 Å². The van der Waals surface area contributed by atoms with Crippen LogP contribution in [0.2, 0.25) is 0 Å². The van der Waals surface area contributed by atoms with E-state index in [1.54, 1.807) is 6.92 Å². The van der Waals surface area contributed by atoms with Crippen LogP contribution in [0, 0.1) is 0 Å².